The van der Waals surface area contributed by atoms with Crippen LogP contribution in [0.4, 0.5) is 5.69 Å². The second kappa shape index (κ2) is 5.36. The first-order valence-corrected chi connectivity index (χ1v) is 6.59. The summed E-state index contributed by atoms with van der Waals surface area (Å²) in [6, 6.07) is 12.0. The Kier molecular flexibility index (Phi) is 3.39. The number of hydrogen-bond donors (Lipinski definition) is 1. The summed E-state index contributed by atoms with van der Waals surface area (Å²) in [6.45, 7) is 1.90. The van der Waals surface area contributed by atoms with Gasteiger partial charge in [0.05, 0.1) is 0 Å². The molecule has 0 aromatic heterocycles. The number of fused-ring (bicyclic) bond motifs is 1. The van der Waals surface area contributed by atoms with Crippen LogP contribution < -0.4 is 19.9 Å². The quantitative estimate of drug-likeness (QED) is 0.690. The molecule has 1 unspecified atom stereocenters. The number of Topliss-reactive ketones (excluding diaryl/α,β-unsaturated/α-hetero) is 1. The van der Waals surface area contributed by atoms with Crippen molar-refractivity contribution < 1.29 is 19.0 Å². The fourth-order valence-electron chi connectivity index (χ4n) is 2.09. The lowest BCUT2D eigenvalue weighted by molar-refractivity contribution is 0.0818. The molecule has 0 spiro atoms. The van der Waals surface area contributed by atoms with Crippen molar-refractivity contribution in [3.63, 3.8) is 0 Å². The number of carbonyl (C=O) groups is 1. The van der Waals surface area contributed by atoms with Gasteiger partial charge in [0.15, 0.2) is 17.6 Å². The van der Waals surface area contributed by atoms with Crippen LogP contribution in [0.1, 0.15) is 17.3 Å². The first-order valence-electron chi connectivity index (χ1n) is 6.59. The SMILES string of the molecule is CC(Oc1ccc(N)cc1)C(=O)c1ccc2c(c1)OCO2. The van der Waals surface area contributed by atoms with Crippen LogP contribution >= 0.6 is 0 Å². The van der Waals surface area contributed by atoms with Crippen LogP contribution in [0.15, 0.2) is 42.5 Å². The largest absolute Gasteiger partial charge is 0.483 e. The summed E-state index contributed by atoms with van der Waals surface area (Å²) in [6.07, 6.45) is -0.603. The molecule has 0 saturated heterocycles. The molecule has 1 aliphatic heterocycles. The highest BCUT2D eigenvalue weighted by Gasteiger charge is 2.21. The zero-order valence-electron chi connectivity index (χ0n) is 11.5. The molecule has 2 aromatic carbocycles. The lowest BCUT2D eigenvalue weighted by Crippen LogP contribution is -2.23. The molecule has 21 heavy (non-hydrogen) atoms. The van der Waals surface area contributed by atoms with Gasteiger partial charge in [0.25, 0.3) is 0 Å². The predicted molar refractivity (Wildman–Crippen MR) is 77.8 cm³/mol. The van der Waals surface area contributed by atoms with E-state index in [1.54, 1.807) is 49.4 Å². The maximum Gasteiger partial charge on any atom is 0.231 e. The zero-order valence-corrected chi connectivity index (χ0v) is 11.5. The molecule has 5 heteroatoms. The summed E-state index contributed by atoms with van der Waals surface area (Å²) in [4.78, 5) is 12.4. The minimum absolute atomic E-state index is 0.120. The van der Waals surface area contributed by atoms with Crippen LogP contribution in [0, 0.1) is 0 Å². The molecule has 0 saturated carbocycles. The van der Waals surface area contributed by atoms with Crippen LogP contribution in [0.2, 0.25) is 0 Å². The number of benzene rings is 2. The smallest absolute Gasteiger partial charge is 0.231 e. The van der Waals surface area contributed by atoms with Crippen LogP contribution in [0.25, 0.3) is 0 Å². The van der Waals surface area contributed by atoms with Crippen LogP contribution in [0.5, 0.6) is 17.2 Å². The molecule has 0 fully saturated rings. The molecule has 0 amide bonds. The van der Waals surface area contributed by atoms with E-state index in [-0.39, 0.29) is 12.6 Å². The number of anilines is 1. The number of carbonyl (C=O) groups excluding carboxylic acids is 1. The van der Waals surface area contributed by atoms with Crippen molar-refractivity contribution in [2.45, 2.75) is 13.0 Å². The number of rotatable bonds is 4. The molecule has 1 atom stereocenters. The average molecular weight is 285 g/mol. The summed E-state index contributed by atoms with van der Waals surface area (Å²) < 4.78 is 16.1. The highest BCUT2D eigenvalue weighted by Crippen LogP contribution is 2.33. The van der Waals surface area contributed by atoms with Crippen LogP contribution in [-0.4, -0.2) is 18.7 Å². The van der Waals surface area contributed by atoms with E-state index in [0.29, 0.717) is 28.5 Å². The van der Waals surface area contributed by atoms with E-state index in [4.69, 9.17) is 19.9 Å². The standard InChI is InChI=1S/C16H15NO4/c1-10(21-13-5-3-12(17)4-6-13)16(18)11-2-7-14-15(8-11)20-9-19-14/h2-8,10H,9,17H2,1H3. The summed E-state index contributed by atoms with van der Waals surface area (Å²) in [5.41, 5.74) is 6.79. The third-order valence-electron chi connectivity index (χ3n) is 3.22. The molecule has 0 radical (unpaired) electrons. The minimum Gasteiger partial charge on any atom is -0.483 e. The fraction of sp³-hybridized carbons (Fsp3) is 0.188. The van der Waals surface area contributed by atoms with Gasteiger partial charge in [-0.2, -0.15) is 0 Å². The minimum atomic E-state index is -0.603. The molecule has 2 aromatic rings. The van der Waals surface area contributed by atoms with Crippen molar-refractivity contribution in [1.29, 1.82) is 0 Å². The predicted octanol–water partition coefficient (Wildman–Crippen LogP) is 2.65. The third-order valence-corrected chi connectivity index (χ3v) is 3.22. The van der Waals surface area contributed by atoms with Crippen LogP contribution in [0.3, 0.4) is 0 Å². The van der Waals surface area contributed by atoms with Gasteiger partial charge in [-0.25, -0.2) is 0 Å². The van der Waals surface area contributed by atoms with E-state index in [1.807, 2.05) is 0 Å². The van der Waals surface area contributed by atoms with Crippen molar-refractivity contribution in [3.05, 3.63) is 48.0 Å². The van der Waals surface area contributed by atoms with Gasteiger partial charge < -0.3 is 19.9 Å². The number of ketones is 1. The van der Waals surface area contributed by atoms with Gasteiger partial charge in [-0.3, -0.25) is 4.79 Å². The van der Waals surface area contributed by atoms with Crippen molar-refractivity contribution in [2.24, 2.45) is 0 Å². The lowest BCUT2D eigenvalue weighted by Gasteiger charge is -2.14. The van der Waals surface area contributed by atoms with E-state index in [2.05, 4.69) is 0 Å². The average Bonchev–Trinajstić information content (AvgIpc) is 2.96. The fourth-order valence-corrected chi connectivity index (χ4v) is 2.09. The molecule has 108 valence electrons. The maximum atomic E-state index is 12.4. The van der Waals surface area contributed by atoms with Gasteiger partial charge >= 0.3 is 0 Å². The van der Waals surface area contributed by atoms with Gasteiger partial charge in [-0.05, 0) is 49.4 Å². The molecule has 1 aliphatic rings. The second-order valence-electron chi connectivity index (χ2n) is 4.76. The summed E-state index contributed by atoms with van der Waals surface area (Å²) in [5, 5.41) is 0. The van der Waals surface area contributed by atoms with E-state index >= 15 is 0 Å². The van der Waals surface area contributed by atoms with Crippen LogP contribution in [-0.2, 0) is 0 Å². The highest BCUT2D eigenvalue weighted by molar-refractivity contribution is 6.00. The van der Waals surface area contributed by atoms with E-state index in [9.17, 15) is 4.79 Å². The van der Waals surface area contributed by atoms with Crippen molar-refractivity contribution in [3.8, 4) is 17.2 Å². The van der Waals surface area contributed by atoms with E-state index in [0.717, 1.165) is 0 Å². The molecule has 5 nitrogen and oxygen atoms in total. The Hall–Kier alpha value is -2.69. The summed E-state index contributed by atoms with van der Waals surface area (Å²) in [5.74, 6) is 1.72. The molecular formula is C16H15NO4. The first kappa shape index (κ1) is 13.3. The lowest BCUT2D eigenvalue weighted by atomic mass is 10.1. The Morgan fingerprint density at radius 3 is 2.62 bits per heavy atom. The normalized spacial score (nSPS) is 13.8. The topological polar surface area (TPSA) is 70.8 Å². The van der Waals surface area contributed by atoms with Crippen molar-refractivity contribution >= 4 is 11.5 Å². The van der Waals surface area contributed by atoms with E-state index in [1.165, 1.54) is 0 Å². The Labute approximate surface area is 122 Å². The molecule has 1 heterocycles. The van der Waals surface area contributed by atoms with Crippen molar-refractivity contribution in [2.75, 3.05) is 12.5 Å². The summed E-state index contributed by atoms with van der Waals surface area (Å²) >= 11 is 0. The molecular weight excluding hydrogens is 270 g/mol. The maximum absolute atomic E-state index is 12.4. The van der Waals surface area contributed by atoms with Crippen molar-refractivity contribution in [1.82, 2.24) is 0 Å². The molecule has 0 aliphatic carbocycles. The number of ether oxygens (including phenoxy) is 3. The van der Waals surface area contributed by atoms with Gasteiger partial charge in [-0.15, -0.1) is 0 Å². The van der Waals surface area contributed by atoms with Gasteiger partial charge in [0.2, 0.25) is 12.6 Å². The Bertz CT molecular complexity index is 666. The summed E-state index contributed by atoms with van der Waals surface area (Å²) in [7, 11) is 0. The molecule has 0 bridgehead atoms. The Morgan fingerprint density at radius 1 is 1.14 bits per heavy atom. The highest BCUT2D eigenvalue weighted by atomic mass is 16.7. The third kappa shape index (κ3) is 2.76. The Morgan fingerprint density at radius 2 is 1.86 bits per heavy atom. The second-order valence-corrected chi connectivity index (χ2v) is 4.76. The number of nitrogen functional groups attached to an aromatic ring is 1. The van der Waals surface area contributed by atoms with E-state index < -0.39 is 6.10 Å². The molecule has 2 N–H and O–H groups in total. The van der Waals surface area contributed by atoms with Gasteiger partial charge in [0.1, 0.15) is 5.75 Å². The monoisotopic (exact) mass is 285 g/mol. The zero-order chi connectivity index (χ0) is 14.8. The Balaban J connectivity index is 1.73. The molecule has 3 rings (SSSR count). The first-order chi connectivity index (χ1) is 10.1. The van der Waals surface area contributed by atoms with Gasteiger partial charge in [0, 0.05) is 11.3 Å². The van der Waals surface area contributed by atoms with Gasteiger partial charge in [-0.1, -0.05) is 0 Å². The number of nitrogens with two attached hydrogens (primary N) is 1. The number of hydrogen-bond acceptors (Lipinski definition) is 5.